The molecule has 0 aliphatic carbocycles. The second-order valence-corrected chi connectivity index (χ2v) is 3.23. The van der Waals surface area contributed by atoms with Crippen LogP contribution in [0.15, 0.2) is 29.4 Å². The van der Waals surface area contributed by atoms with Crippen LogP contribution >= 0.6 is 0 Å². The number of azide groups is 1. The Bertz CT molecular complexity index is 411. The van der Waals surface area contributed by atoms with Crippen LogP contribution in [-0.2, 0) is 4.74 Å². The Morgan fingerprint density at radius 3 is 3.06 bits per heavy atom. The maximum Gasteiger partial charge on any atom is 0.338 e. The first-order valence-corrected chi connectivity index (χ1v) is 5.10. The van der Waals surface area contributed by atoms with Gasteiger partial charge in [-0.1, -0.05) is 30.6 Å². The van der Waals surface area contributed by atoms with Gasteiger partial charge in [0.1, 0.15) is 0 Å². The molecule has 0 fully saturated rings. The van der Waals surface area contributed by atoms with Crippen LogP contribution < -0.4 is 0 Å². The monoisotopic (exact) mass is 219 g/mol. The molecule has 0 radical (unpaired) electrons. The Hall–Kier alpha value is -2.00. The van der Waals surface area contributed by atoms with E-state index < -0.39 is 0 Å². The van der Waals surface area contributed by atoms with Crippen molar-refractivity contribution in [1.29, 1.82) is 0 Å². The number of hydrogen-bond acceptors (Lipinski definition) is 3. The van der Waals surface area contributed by atoms with Gasteiger partial charge in [0.25, 0.3) is 0 Å². The van der Waals surface area contributed by atoms with E-state index in [1.807, 2.05) is 6.92 Å². The Balaban J connectivity index is 2.68. The van der Waals surface area contributed by atoms with Crippen LogP contribution in [0.2, 0.25) is 0 Å². The molecule has 0 aliphatic heterocycles. The van der Waals surface area contributed by atoms with Gasteiger partial charge in [-0.3, -0.25) is 0 Å². The zero-order valence-electron chi connectivity index (χ0n) is 9.09. The highest BCUT2D eigenvalue weighted by molar-refractivity contribution is 5.90. The number of carbonyl (C=O) groups is 1. The first-order chi connectivity index (χ1) is 7.77. The molecule has 1 aromatic carbocycles. The molecular weight excluding hydrogens is 206 g/mol. The highest BCUT2D eigenvalue weighted by atomic mass is 16.5. The summed E-state index contributed by atoms with van der Waals surface area (Å²) >= 11 is 0. The predicted molar refractivity (Wildman–Crippen MR) is 60.4 cm³/mol. The molecule has 5 heteroatoms. The number of unbranched alkanes of at least 4 members (excludes halogenated alkanes) is 1. The van der Waals surface area contributed by atoms with E-state index in [2.05, 4.69) is 10.0 Å². The van der Waals surface area contributed by atoms with Crippen molar-refractivity contribution >= 4 is 11.7 Å². The number of hydrogen-bond donors (Lipinski definition) is 0. The fourth-order valence-corrected chi connectivity index (χ4v) is 1.14. The second kappa shape index (κ2) is 6.48. The number of carbonyl (C=O) groups excluding carboxylic acids is 1. The van der Waals surface area contributed by atoms with E-state index >= 15 is 0 Å². The summed E-state index contributed by atoms with van der Waals surface area (Å²) in [6, 6.07) is 6.42. The third kappa shape index (κ3) is 3.63. The van der Waals surface area contributed by atoms with E-state index in [4.69, 9.17) is 10.3 Å². The summed E-state index contributed by atoms with van der Waals surface area (Å²) in [6.07, 6.45) is 1.83. The number of esters is 1. The largest absolute Gasteiger partial charge is 0.462 e. The van der Waals surface area contributed by atoms with Gasteiger partial charge < -0.3 is 4.74 Å². The fraction of sp³-hybridized carbons (Fsp3) is 0.364. The summed E-state index contributed by atoms with van der Waals surface area (Å²) in [5.74, 6) is -0.386. The van der Waals surface area contributed by atoms with Crippen molar-refractivity contribution in [3.63, 3.8) is 0 Å². The van der Waals surface area contributed by atoms with Crippen molar-refractivity contribution < 1.29 is 9.53 Å². The molecule has 0 N–H and O–H groups in total. The summed E-state index contributed by atoms with van der Waals surface area (Å²) in [6.45, 7) is 2.44. The van der Waals surface area contributed by atoms with Gasteiger partial charge in [-0.25, -0.2) is 4.79 Å². The average molecular weight is 219 g/mol. The van der Waals surface area contributed by atoms with Gasteiger partial charge in [-0.15, -0.1) is 0 Å². The Morgan fingerprint density at radius 2 is 2.38 bits per heavy atom. The molecule has 0 spiro atoms. The Kier molecular flexibility index (Phi) is 4.89. The standard InChI is InChI=1S/C11H13N3O2/c1-2-3-7-16-11(15)9-5-4-6-10(8-9)13-14-12/h4-6,8H,2-3,7H2,1H3. The lowest BCUT2D eigenvalue weighted by Gasteiger charge is -2.03. The lowest BCUT2D eigenvalue weighted by Crippen LogP contribution is -2.05. The number of ether oxygens (including phenoxy) is 1. The summed E-state index contributed by atoms with van der Waals surface area (Å²) in [4.78, 5) is 14.2. The average Bonchev–Trinajstić information content (AvgIpc) is 2.30. The molecule has 0 amide bonds. The number of nitrogens with zero attached hydrogens (tertiary/aromatic N) is 3. The van der Waals surface area contributed by atoms with Crippen LogP contribution in [0, 0.1) is 0 Å². The Morgan fingerprint density at radius 1 is 1.56 bits per heavy atom. The van der Waals surface area contributed by atoms with Gasteiger partial charge in [-0.2, -0.15) is 0 Å². The van der Waals surface area contributed by atoms with Gasteiger partial charge in [-0.05, 0) is 24.1 Å². The molecule has 0 saturated heterocycles. The van der Waals surface area contributed by atoms with Gasteiger partial charge in [0.15, 0.2) is 0 Å². The van der Waals surface area contributed by atoms with Gasteiger partial charge >= 0.3 is 5.97 Å². The lowest BCUT2D eigenvalue weighted by molar-refractivity contribution is 0.0500. The molecule has 0 aliphatic rings. The summed E-state index contributed by atoms with van der Waals surface area (Å²) in [5.41, 5.74) is 9.08. The third-order valence-corrected chi connectivity index (χ3v) is 1.97. The van der Waals surface area contributed by atoms with Crippen molar-refractivity contribution in [3.05, 3.63) is 40.3 Å². The number of benzene rings is 1. The van der Waals surface area contributed by atoms with Crippen molar-refractivity contribution in [2.45, 2.75) is 19.8 Å². The number of rotatable bonds is 5. The van der Waals surface area contributed by atoms with Crippen LogP contribution in [0.5, 0.6) is 0 Å². The maximum absolute atomic E-state index is 11.5. The molecule has 0 unspecified atom stereocenters. The van der Waals surface area contributed by atoms with E-state index in [0.717, 1.165) is 12.8 Å². The van der Waals surface area contributed by atoms with E-state index in [9.17, 15) is 4.79 Å². The summed E-state index contributed by atoms with van der Waals surface area (Å²) in [5, 5.41) is 3.42. The van der Waals surface area contributed by atoms with Gasteiger partial charge in [0.05, 0.1) is 12.2 Å². The van der Waals surface area contributed by atoms with Crippen LogP contribution in [0.3, 0.4) is 0 Å². The minimum absolute atomic E-state index is 0.386. The van der Waals surface area contributed by atoms with Gasteiger partial charge in [0, 0.05) is 10.6 Å². The van der Waals surface area contributed by atoms with Gasteiger partial charge in [0.2, 0.25) is 0 Å². The summed E-state index contributed by atoms with van der Waals surface area (Å²) < 4.78 is 5.03. The smallest absolute Gasteiger partial charge is 0.338 e. The third-order valence-electron chi connectivity index (χ3n) is 1.97. The molecule has 5 nitrogen and oxygen atoms in total. The Labute approximate surface area is 93.7 Å². The van der Waals surface area contributed by atoms with Crippen molar-refractivity contribution in [1.82, 2.24) is 0 Å². The quantitative estimate of drug-likeness (QED) is 0.249. The van der Waals surface area contributed by atoms with Crippen molar-refractivity contribution in [2.75, 3.05) is 6.61 Å². The molecule has 0 saturated carbocycles. The minimum atomic E-state index is -0.386. The van der Waals surface area contributed by atoms with E-state index in [0.29, 0.717) is 17.9 Å². The molecule has 0 aromatic heterocycles. The van der Waals surface area contributed by atoms with Crippen molar-refractivity contribution in [3.8, 4) is 0 Å². The zero-order chi connectivity index (χ0) is 11.8. The topological polar surface area (TPSA) is 75.1 Å². The van der Waals surface area contributed by atoms with E-state index in [1.165, 1.54) is 6.07 Å². The normalized spacial score (nSPS) is 9.31. The second-order valence-electron chi connectivity index (χ2n) is 3.23. The molecule has 1 rings (SSSR count). The molecule has 0 heterocycles. The van der Waals surface area contributed by atoms with Crippen LogP contribution in [-0.4, -0.2) is 12.6 Å². The van der Waals surface area contributed by atoms with Crippen LogP contribution in [0.4, 0.5) is 5.69 Å². The summed E-state index contributed by atoms with van der Waals surface area (Å²) in [7, 11) is 0. The molecule has 84 valence electrons. The minimum Gasteiger partial charge on any atom is -0.462 e. The maximum atomic E-state index is 11.5. The molecular formula is C11H13N3O2. The predicted octanol–water partition coefficient (Wildman–Crippen LogP) is 3.59. The lowest BCUT2D eigenvalue weighted by atomic mass is 10.2. The highest BCUT2D eigenvalue weighted by Crippen LogP contribution is 2.15. The molecule has 0 bridgehead atoms. The van der Waals surface area contributed by atoms with Crippen LogP contribution in [0.25, 0.3) is 10.4 Å². The van der Waals surface area contributed by atoms with Crippen molar-refractivity contribution in [2.24, 2.45) is 5.11 Å². The molecule has 16 heavy (non-hydrogen) atoms. The van der Waals surface area contributed by atoms with Crippen LogP contribution in [0.1, 0.15) is 30.1 Å². The zero-order valence-corrected chi connectivity index (χ0v) is 9.09. The van der Waals surface area contributed by atoms with E-state index in [-0.39, 0.29) is 5.97 Å². The fourth-order valence-electron chi connectivity index (χ4n) is 1.14. The highest BCUT2D eigenvalue weighted by Gasteiger charge is 2.06. The van der Waals surface area contributed by atoms with E-state index in [1.54, 1.807) is 18.2 Å². The first kappa shape index (κ1) is 12.1. The molecule has 0 atom stereocenters. The SMILES string of the molecule is CCCCOC(=O)c1cccc(N=[N+]=[N-])c1. The molecule has 1 aromatic rings. The first-order valence-electron chi connectivity index (χ1n) is 5.10.